The number of carbonyl (C=O) groups excluding carboxylic acids is 1. The molecular formula is C11H12BrNO4. The van der Waals surface area contributed by atoms with Gasteiger partial charge in [-0.15, -0.1) is 0 Å². The van der Waals surface area contributed by atoms with E-state index in [9.17, 15) is 9.59 Å². The summed E-state index contributed by atoms with van der Waals surface area (Å²) >= 11 is 3.16. The molecule has 5 nitrogen and oxygen atoms in total. The third kappa shape index (κ3) is 2.52. The van der Waals surface area contributed by atoms with E-state index in [-0.39, 0.29) is 11.8 Å². The van der Waals surface area contributed by atoms with Gasteiger partial charge in [0, 0.05) is 13.1 Å². The minimum absolute atomic E-state index is 0.116. The van der Waals surface area contributed by atoms with Crippen LogP contribution in [-0.4, -0.2) is 35.0 Å². The Labute approximate surface area is 107 Å². The molecule has 0 unspecified atom stereocenters. The summed E-state index contributed by atoms with van der Waals surface area (Å²) in [5.41, 5.74) is 0.485. The van der Waals surface area contributed by atoms with Gasteiger partial charge in [0.05, 0.1) is 17.7 Å². The third-order valence-corrected chi connectivity index (χ3v) is 3.59. The normalized spacial score (nSPS) is 17.1. The van der Waals surface area contributed by atoms with Crippen molar-refractivity contribution in [2.75, 3.05) is 13.1 Å². The molecule has 0 saturated carbocycles. The van der Waals surface area contributed by atoms with E-state index in [0.29, 0.717) is 36.2 Å². The number of likely N-dealkylation sites (tertiary alicyclic amines) is 1. The lowest BCUT2D eigenvalue weighted by atomic mass is 9.97. The van der Waals surface area contributed by atoms with Crippen LogP contribution in [0.5, 0.6) is 0 Å². The first-order valence-corrected chi connectivity index (χ1v) is 6.14. The second-order valence-electron chi connectivity index (χ2n) is 4.01. The summed E-state index contributed by atoms with van der Waals surface area (Å²) in [5.74, 6) is -1.22. The van der Waals surface area contributed by atoms with Crippen molar-refractivity contribution in [2.24, 2.45) is 5.92 Å². The van der Waals surface area contributed by atoms with Gasteiger partial charge in [-0.05, 0) is 34.8 Å². The lowest BCUT2D eigenvalue weighted by molar-refractivity contribution is -0.143. The average molecular weight is 302 g/mol. The van der Waals surface area contributed by atoms with Gasteiger partial charge >= 0.3 is 5.97 Å². The molecule has 2 rings (SSSR count). The van der Waals surface area contributed by atoms with Gasteiger partial charge < -0.3 is 14.4 Å². The van der Waals surface area contributed by atoms with Crippen LogP contribution in [0.3, 0.4) is 0 Å². The predicted molar refractivity (Wildman–Crippen MR) is 62.7 cm³/mol. The molecule has 1 fully saturated rings. The smallest absolute Gasteiger partial charge is 0.306 e. The highest BCUT2D eigenvalue weighted by atomic mass is 79.9. The van der Waals surface area contributed by atoms with Crippen LogP contribution < -0.4 is 0 Å². The highest BCUT2D eigenvalue weighted by Gasteiger charge is 2.28. The molecule has 1 aliphatic rings. The number of amides is 1. The summed E-state index contributed by atoms with van der Waals surface area (Å²) in [6, 6.07) is 1.61. The Bertz CT molecular complexity index is 434. The molecule has 0 aromatic carbocycles. The van der Waals surface area contributed by atoms with Crippen LogP contribution in [0.1, 0.15) is 23.2 Å². The van der Waals surface area contributed by atoms with Crippen LogP contribution in [0.4, 0.5) is 0 Å². The second kappa shape index (κ2) is 4.91. The second-order valence-corrected chi connectivity index (χ2v) is 4.73. The minimum atomic E-state index is -0.776. The van der Waals surface area contributed by atoms with E-state index < -0.39 is 5.97 Å². The minimum Gasteiger partial charge on any atom is -0.481 e. The van der Waals surface area contributed by atoms with E-state index in [4.69, 9.17) is 9.52 Å². The van der Waals surface area contributed by atoms with Crippen molar-refractivity contribution >= 4 is 27.8 Å². The molecule has 0 aliphatic carbocycles. The number of rotatable bonds is 2. The van der Waals surface area contributed by atoms with Gasteiger partial charge in [0.25, 0.3) is 5.91 Å². The number of nitrogens with zero attached hydrogens (tertiary/aromatic N) is 1. The first-order valence-electron chi connectivity index (χ1n) is 5.34. The van der Waals surface area contributed by atoms with E-state index in [1.54, 1.807) is 11.0 Å². The highest BCUT2D eigenvalue weighted by Crippen LogP contribution is 2.23. The SMILES string of the molecule is O=C(O)C1CCN(C(=O)c2ccoc2Br)CC1. The summed E-state index contributed by atoms with van der Waals surface area (Å²) in [7, 11) is 0. The molecule has 0 spiro atoms. The maximum absolute atomic E-state index is 12.0. The van der Waals surface area contributed by atoms with Crippen LogP contribution >= 0.6 is 15.9 Å². The molecule has 0 bridgehead atoms. The first-order chi connectivity index (χ1) is 8.09. The number of aliphatic carboxylic acids is 1. The molecule has 0 radical (unpaired) electrons. The Hall–Kier alpha value is -1.30. The molecule has 17 heavy (non-hydrogen) atoms. The Kier molecular flexibility index (Phi) is 3.51. The van der Waals surface area contributed by atoms with Crippen LogP contribution in [-0.2, 0) is 4.79 Å². The van der Waals surface area contributed by atoms with Gasteiger partial charge in [-0.25, -0.2) is 0 Å². The zero-order valence-electron chi connectivity index (χ0n) is 9.06. The van der Waals surface area contributed by atoms with E-state index in [1.165, 1.54) is 6.26 Å². The fourth-order valence-corrected chi connectivity index (χ4v) is 2.36. The number of hydrogen-bond donors (Lipinski definition) is 1. The number of carbonyl (C=O) groups is 2. The number of furan rings is 1. The zero-order valence-corrected chi connectivity index (χ0v) is 10.6. The largest absolute Gasteiger partial charge is 0.481 e. The van der Waals surface area contributed by atoms with Crippen molar-refractivity contribution in [2.45, 2.75) is 12.8 Å². The fraction of sp³-hybridized carbons (Fsp3) is 0.455. The Morgan fingerprint density at radius 3 is 2.53 bits per heavy atom. The molecule has 0 atom stereocenters. The zero-order chi connectivity index (χ0) is 12.4. The van der Waals surface area contributed by atoms with E-state index in [0.717, 1.165) is 0 Å². The number of carboxylic acids is 1. The quantitative estimate of drug-likeness (QED) is 0.907. The van der Waals surface area contributed by atoms with Crippen molar-refractivity contribution in [1.82, 2.24) is 4.90 Å². The number of carboxylic acid groups (broad SMARTS) is 1. The number of halogens is 1. The van der Waals surface area contributed by atoms with Gasteiger partial charge in [-0.3, -0.25) is 9.59 Å². The van der Waals surface area contributed by atoms with Gasteiger partial charge in [0.1, 0.15) is 0 Å². The third-order valence-electron chi connectivity index (χ3n) is 2.98. The first kappa shape index (κ1) is 12.2. The molecule has 1 aliphatic heterocycles. The van der Waals surface area contributed by atoms with Gasteiger partial charge in [0.15, 0.2) is 4.67 Å². The predicted octanol–water partition coefficient (Wildman–Crippen LogP) is 1.98. The highest BCUT2D eigenvalue weighted by molar-refractivity contribution is 9.10. The van der Waals surface area contributed by atoms with Crippen LogP contribution in [0.2, 0.25) is 0 Å². The Balaban J connectivity index is 2.00. The van der Waals surface area contributed by atoms with Gasteiger partial charge in [-0.1, -0.05) is 0 Å². The Morgan fingerprint density at radius 2 is 2.06 bits per heavy atom. The maximum Gasteiger partial charge on any atom is 0.306 e. The van der Waals surface area contributed by atoms with Gasteiger partial charge in [0.2, 0.25) is 0 Å². The standard InChI is InChI=1S/C11H12BrNO4/c12-9-8(3-6-17-9)10(14)13-4-1-7(2-5-13)11(15)16/h3,6-7H,1-2,4-5H2,(H,15,16). The molecule has 1 aromatic rings. The fourth-order valence-electron chi connectivity index (χ4n) is 1.95. The summed E-state index contributed by atoms with van der Waals surface area (Å²) in [6.07, 6.45) is 2.47. The average Bonchev–Trinajstić information content (AvgIpc) is 2.74. The van der Waals surface area contributed by atoms with E-state index >= 15 is 0 Å². The number of piperidine rings is 1. The van der Waals surface area contributed by atoms with E-state index in [1.807, 2.05) is 0 Å². The molecule has 6 heteroatoms. The molecular weight excluding hydrogens is 290 g/mol. The summed E-state index contributed by atoms with van der Waals surface area (Å²) in [4.78, 5) is 24.5. The van der Waals surface area contributed by atoms with Crippen molar-refractivity contribution in [1.29, 1.82) is 0 Å². The van der Waals surface area contributed by atoms with Crippen LogP contribution in [0.25, 0.3) is 0 Å². The number of hydrogen-bond acceptors (Lipinski definition) is 3. The summed E-state index contributed by atoms with van der Waals surface area (Å²) in [5, 5.41) is 8.87. The van der Waals surface area contributed by atoms with Crippen molar-refractivity contribution in [3.8, 4) is 0 Å². The molecule has 1 aromatic heterocycles. The Morgan fingerprint density at radius 1 is 1.41 bits per heavy atom. The molecule has 2 heterocycles. The van der Waals surface area contributed by atoms with Crippen LogP contribution in [0, 0.1) is 5.92 Å². The topological polar surface area (TPSA) is 70.8 Å². The molecule has 1 saturated heterocycles. The van der Waals surface area contributed by atoms with Gasteiger partial charge in [-0.2, -0.15) is 0 Å². The van der Waals surface area contributed by atoms with E-state index in [2.05, 4.69) is 15.9 Å². The molecule has 1 amide bonds. The summed E-state index contributed by atoms with van der Waals surface area (Å²) < 4.78 is 5.43. The monoisotopic (exact) mass is 301 g/mol. The lowest BCUT2D eigenvalue weighted by Gasteiger charge is -2.29. The van der Waals surface area contributed by atoms with Crippen molar-refractivity contribution < 1.29 is 19.1 Å². The van der Waals surface area contributed by atoms with Crippen LogP contribution in [0.15, 0.2) is 21.4 Å². The lowest BCUT2D eigenvalue weighted by Crippen LogP contribution is -2.40. The summed E-state index contributed by atoms with van der Waals surface area (Å²) in [6.45, 7) is 0.959. The van der Waals surface area contributed by atoms with Crippen molar-refractivity contribution in [3.63, 3.8) is 0 Å². The maximum atomic E-state index is 12.0. The molecule has 92 valence electrons. The van der Waals surface area contributed by atoms with Crippen molar-refractivity contribution in [3.05, 3.63) is 22.6 Å². The molecule has 1 N–H and O–H groups in total.